The highest BCUT2D eigenvalue weighted by atomic mass is 32.2. The molecule has 0 saturated carbocycles. The number of nitrogens with zero attached hydrogens (tertiary/aromatic N) is 2. The molecule has 0 N–H and O–H groups in total. The van der Waals surface area contributed by atoms with Gasteiger partial charge in [0.15, 0.2) is 0 Å². The lowest BCUT2D eigenvalue weighted by molar-refractivity contribution is 0.594. The molecule has 5 heteroatoms. The summed E-state index contributed by atoms with van der Waals surface area (Å²) in [5.74, 6) is 0.399. The van der Waals surface area contributed by atoms with Crippen LogP contribution in [0, 0.1) is 0 Å². The van der Waals surface area contributed by atoms with Gasteiger partial charge in [-0.2, -0.15) is 0 Å². The average Bonchev–Trinajstić information content (AvgIpc) is 2.40. The minimum absolute atomic E-state index is 0.258. The van der Waals surface area contributed by atoms with Gasteiger partial charge in [-0.1, -0.05) is 24.3 Å². The van der Waals surface area contributed by atoms with Gasteiger partial charge in [0.2, 0.25) is 0 Å². The zero-order valence-electron chi connectivity index (χ0n) is 9.32. The number of sulfonamides is 1. The molecule has 88 valence electrons. The lowest BCUT2D eigenvalue weighted by atomic mass is 10.4. The molecule has 0 spiro atoms. The Morgan fingerprint density at radius 3 is 2.24 bits per heavy atom. The first kappa shape index (κ1) is 11.6. The topological polar surface area (TPSA) is 50.3 Å². The Labute approximate surface area is 101 Å². The van der Waals surface area contributed by atoms with Crippen LogP contribution in [-0.4, -0.2) is 20.4 Å². The van der Waals surface area contributed by atoms with Crippen LogP contribution in [0.15, 0.2) is 59.6 Å². The Balaban J connectivity index is 2.41. The first-order valence-electron chi connectivity index (χ1n) is 5.07. The van der Waals surface area contributed by atoms with Crippen LogP contribution in [0.3, 0.4) is 0 Å². The van der Waals surface area contributed by atoms with Gasteiger partial charge < -0.3 is 0 Å². The van der Waals surface area contributed by atoms with Gasteiger partial charge in [0.1, 0.15) is 5.82 Å². The number of hydrogen-bond donors (Lipinski definition) is 0. The lowest BCUT2D eigenvalue weighted by Gasteiger charge is -2.17. The van der Waals surface area contributed by atoms with Crippen molar-refractivity contribution in [2.24, 2.45) is 0 Å². The number of anilines is 1. The maximum atomic E-state index is 12.2. The minimum atomic E-state index is -3.52. The van der Waals surface area contributed by atoms with Crippen molar-refractivity contribution in [3.63, 3.8) is 0 Å². The lowest BCUT2D eigenvalue weighted by Crippen LogP contribution is -2.27. The summed E-state index contributed by atoms with van der Waals surface area (Å²) in [6.45, 7) is 0. The molecule has 0 unspecified atom stereocenters. The van der Waals surface area contributed by atoms with Crippen LogP contribution in [-0.2, 0) is 10.0 Å². The molecule has 0 atom stereocenters. The third-order valence-electron chi connectivity index (χ3n) is 2.37. The fourth-order valence-corrected chi connectivity index (χ4v) is 2.59. The molecule has 0 radical (unpaired) electrons. The third-order valence-corrected chi connectivity index (χ3v) is 4.15. The summed E-state index contributed by atoms with van der Waals surface area (Å²) >= 11 is 0. The van der Waals surface area contributed by atoms with E-state index in [0.29, 0.717) is 5.82 Å². The Morgan fingerprint density at radius 2 is 1.65 bits per heavy atom. The minimum Gasteiger partial charge on any atom is -0.253 e. The van der Waals surface area contributed by atoms with Gasteiger partial charge in [0.05, 0.1) is 4.90 Å². The molecule has 2 aromatic rings. The van der Waals surface area contributed by atoms with Crippen LogP contribution >= 0.6 is 0 Å². The Hall–Kier alpha value is -1.88. The highest BCUT2D eigenvalue weighted by Gasteiger charge is 2.21. The fraction of sp³-hybridized carbons (Fsp3) is 0.0833. The van der Waals surface area contributed by atoms with Crippen LogP contribution in [0.1, 0.15) is 0 Å². The smallest absolute Gasteiger partial charge is 0.253 e. The largest absolute Gasteiger partial charge is 0.265 e. The Morgan fingerprint density at radius 1 is 1.00 bits per heavy atom. The van der Waals surface area contributed by atoms with Gasteiger partial charge in [-0.3, -0.25) is 4.31 Å². The number of benzene rings is 1. The standard InChI is InChI=1S/C12H12N2O2S/c1-14(12-9-5-6-10-13-12)17(15,16)11-7-3-2-4-8-11/h2-10H,1H3. The molecular formula is C12H12N2O2S. The molecule has 0 fully saturated rings. The zero-order valence-corrected chi connectivity index (χ0v) is 10.1. The molecule has 0 bridgehead atoms. The Bertz CT molecular complexity index is 582. The van der Waals surface area contributed by atoms with Crippen LogP contribution in [0.5, 0.6) is 0 Å². The number of pyridine rings is 1. The van der Waals surface area contributed by atoms with E-state index >= 15 is 0 Å². The van der Waals surface area contributed by atoms with E-state index < -0.39 is 10.0 Å². The quantitative estimate of drug-likeness (QED) is 0.833. The van der Waals surface area contributed by atoms with Gasteiger partial charge in [-0.25, -0.2) is 13.4 Å². The van der Waals surface area contributed by atoms with Crippen molar-refractivity contribution in [2.75, 3.05) is 11.4 Å². The van der Waals surface area contributed by atoms with Crippen LogP contribution in [0.2, 0.25) is 0 Å². The maximum absolute atomic E-state index is 12.2. The van der Waals surface area contributed by atoms with Crippen molar-refractivity contribution in [2.45, 2.75) is 4.90 Å². The predicted octanol–water partition coefficient (Wildman–Crippen LogP) is 1.91. The second-order valence-corrected chi connectivity index (χ2v) is 5.44. The van der Waals surface area contributed by atoms with Crippen LogP contribution < -0.4 is 4.31 Å². The van der Waals surface area contributed by atoms with E-state index in [4.69, 9.17) is 0 Å². The van der Waals surface area contributed by atoms with E-state index in [1.165, 1.54) is 11.4 Å². The van der Waals surface area contributed by atoms with E-state index in [2.05, 4.69) is 4.98 Å². The SMILES string of the molecule is CN(c1ccccn1)S(=O)(=O)c1ccccc1. The molecule has 2 rings (SSSR count). The van der Waals surface area contributed by atoms with Crippen molar-refractivity contribution >= 4 is 15.8 Å². The van der Waals surface area contributed by atoms with Gasteiger partial charge in [0, 0.05) is 13.2 Å². The molecule has 1 heterocycles. The Kier molecular flexibility index (Phi) is 3.10. The molecular weight excluding hydrogens is 236 g/mol. The van der Waals surface area contributed by atoms with Gasteiger partial charge >= 0.3 is 0 Å². The molecule has 4 nitrogen and oxygen atoms in total. The summed E-state index contributed by atoms with van der Waals surface area (Å²) in [5, 5.41) is 0. The maximum Gasteiger partial charge on any atom is 0.265 e. The summed E-state index contributed by atoms with van der Waals surface area (Å²) in [6.07, 6.45) is 1.56. The zero-order chi connectivity index (χ0) is 12.3. The molecule has 0 aliphatic carbocycles. The number of rotatable bonds is 3. The molecule has 1 aromatic heterocycles. The van der Waals surface area contributed by atoms with Crippen molar-refractivity contribution in [1.29, 1.82) is 0 Å². The fourth-order valence-electron chi connectivity index (χ4n) is 1.41. The van der Waals surface area contributed by atoms with Crippen molar-refractivity contribution in [3.8, 4) is 0 Å². The molecule has 1 aromatic carbocycles. The molecule has 17 heavy (non-hydrogen) atoms. The summed E-state index contributed by atoms with van der Waals surface area (Å²) < 4.78 is 25.6. The van der Waals surface area contributed by atoms with Gasteiger partial charge in [0.25, 0.3) is 10.0 Å². The van der Waals surface area contributed by atoms with Crippen molar-refractivity contribution in [1.82, 2.24) is 4.98 Å². The molecule has 0 saturated heterocycles. The predicted molar refractivity (Wildman–Crippen MR) is 66.3 cm³/mol. The summed E-state index contributed by atoms with van der Waals surface area (Å²) in [7, 11) is -2.03. The molecule has 0 aliphatic heterocycles. The van der Waals surface area contributed by atoms with Crippen LogP contribution in [0.4, 0.5) is 5.82 Å². The van der Waals surface area contributed by atoms with E-state index in [1.54, 1.807) is 54.7 Å². The van der Waals surface area contributed by atoms with Gasteiger partial charge in [-0.15, -0.1) is 0 Å². The summed E-state index contributed by atoms with van der Waals surface area (Å²) in [4.78, 5) is 4.27. The third kappa shape index (κ3) is 2.29. The van der Waals surface area contributed by atoms with E-state index in [0.717, 1.165) is 0 Å². The average molecular weight is 248 g/mol. The molecule has 0 aliphatic rings. The van der Waals surface area contributed by atoms with E-state index in [-0.39, 0.29) is 4.90 Å². The monoisotopic (exact) mass is 248 g/mol. The van der Waals surface area contributed by atoms with Crippen LogP contribution in [0.25, 0.3) is 0 Å². The van der Waals surface area contributed by atoms with E-state index in [1.807, 2.05) is 0 Å². The first-order chi connectivity index (χ1) is 8.12. The van der Waals surface area contributed by atoms with Crippen molar-refractivity contribution < 1.29 is 8.42 Å². The highest BCUT2D eigenvalue weighted by molar-refractivity contribution is 7.92. The normalized spacial score (nSPS) is 11.1. The summed E-state index contributed by atoms with van der Waals surface area (Å²) in [6, 6.07) is 13.4. The second-order valence-electron chi connectivity index (χ2n) is 3.47. The summed E-state index contributed by atoms with van der Waals surface area (Å²) in [5.41, 5.74) is 0. The number of aromatic nitrogens is 1. The second kappa shape index (κ2) is 4.55. The first-order valence-corrected chi connectivity index (χ1v) is 6.51. The van der Waals surface area contributed by atoms with Gasteiger partial charge in [-0.05, 0) is 24.3 Å². The van der Waals surface area contributed by atoms with E-state index in [9.17, 15) is 8.42 Å². The highest BCUT2D eigenvalue weighted by Crippen LogP contribution is 2.18. The number of hydrogen-bond acceptors (Lipinski definition) is 3. The molecule has 0 amide bonds. The van der Waals surface area contributed by atoms with Crippen molar-refractivity contribution in [3.05, 3.63) is 54.7 Å².